The lowest BCUT2D eigenvalue weighted by Gasteiger charge is -2.32. The Balaban J connectivity index is 1.39. The highest BCUT2D eigenvalue weighted by Gasteiger charge is 2.41. The number of hydrogen-bond donors (Lipinski definition) is 0. The van der Waals surface area contributed by atoms with Gasteiger partial charge in [0.25, 0.3) is 23.6 Å². The molecule has 0 aliphatic carbocycles. The number of benzene rings is 9. The fourth-order valence-corrected chi connectivity index (χ4v) is 9.43. The molecule has 10 heteroatoms. The Morgan fingerprint density at radius 2 is 0.576 bits per heavy atom. The van der Waals surface area contributed by atoms with Crippen molar-refractivity contribution in [3.05, 3.63) is 168 Å². The molecule has 0 atom stereocenters. The van der Waals surface area contributed by atoms with E-state index in [0.717, 1.165) is 12.8 Å². The SMILES string of the molecule is CCCCN1C(=O)c2cc(Oc3ccccc3)c3c4c(Oc5ccccc5)cc5c6c(cc(Oc7ccccc7)c(c7c(Oc8ccccc8)cc(c2c37)C1=O)c64)C(=O)N(CCCC)C5=O. The van der Waals surface area contributed by atoms with Crippen molar-refractivity contribution in [3.63, 3.8) is 0 Å². The van der Waals surface area contributed by atoms with Gasteiger partial charge in [-0.3, -0.25) is 29.0 Å². The van der Waals surface area contributed by atoms with Crippen LogP contribution in [-0.4, -0.2) is 46.5 Å². The zero-order chi connectivity index (χ0) is 45.1. The molecule has 9 aromatic carbocycles. The third-order valence-electron chi connectivity index (χ3n) is 12.4. The normalized spacial score (nSPS) is 13.4. The molecule has 0 aromatic heterocycles. The molecule has 10 nitrogen and oxygen atoms in total. The number of amides is 4. The Kier molecular flexibility index (Phi) is 10.1. The number of nitrogens with zero attached hydrogens (tertiary/aromatic N) is 2. The minimum absolute atomic E-state index is 0.220. The zero-order valence-electron chi connectivity index (χ0n) is 36.3. The molecular weight excluding hydrogens is 829 g/mol. The standard InChI is InChI=1S/C56H42N2O8/c1-3-5-27-57-53(59)37-29-41(63-33-19-11-7-12-20-33)47-49-43(65-35-23-15-9-16-24-35)31-39-46-40(56(62)58(55(39)61)28-6-4-2)32-44(66-36-25-17-10-18-26-36)50(52(46)49)48-42(64-34-21-13-8-14-22-34)30-38(54(57)60)45(37)51(47)48/h7-26,29-32H,3-6,27-28H2,1-2H3. The lowest BCUT2D eigenvalue weighted by Crippen LogP contribution is -2.41. The number of fused-ring (bicyclic) bond motifs is 2. The van der Waals surface area contributed by atoms with E-state index in [1.54, 1.807) is 24.3 Å². The van der Waals surface area contributed by atoms with Crippen LogP contribution in [0.5, 0.6) is 46.0 Å². The van der Waals surface area contributed by atoms with E-state index < -0.39 is 23.6 Å². The number of carbonyl (C=O) groups excluding carboxylic acids is 4. The summed E-state index contributed by atoms with van der Waals surface area (Å²) in [5.74, 6) is 1.33. The quantitative estimate of drug-likeness (QED) is 0.0603. The second-order valence-electron chi connectivity index (χ2n) is 16.6. The molecule has 0 radical (unpaired) electrons. The summed E-state index contributed by atoms with van der Waals surface area (Å²) >= 11 is 0. The van der Waals surface area contributed by atoms with Gasteiger partial charge in [-0.15, -0.1) is 0 Å². The van der Waals surface area contributed by atoms with Crippen molar-refractivity contribution in [1.82, 2.24) is 9.80 Å². The molecule has 0 saturated carbocycles. The fourth-order valence-electron chi connectivity index (χ4n) is 9.43. The summed E-state index contributed by atoms with van der Waals surface area (Å²) in [6, 6.07) is 43.8. The van der Waals surface area contributed by atoms with Gasteiger partial charge in [-0.25, -0.2) is 0 Å². The first-order valence-electron chi connectivity index (χ1n) is 22.3. The number of hydrogen-bond acceptors (Lipinski definition) is 8. The minimum atomic E-state index is -0.450. The highest BCUT2D eigenvalue weighted by atomic mass is 16.5. The molecular formula is C56H42N2O8. The molecule has 2 heterocycles. The van der Waals surface area contributed by atoms with Gasteiger partial charge in [-0.05, 0) is 85.6 Å². The molecule has 9 aromatic rings. The molecule has 0 fully saturated rings. The smallest absolute Gasteiger partial charge is 0.261 e. The first-order chi connectivity index (χ1) is 32.3. The monoisotopic (exact) mass is 870 g/mol. The van der Waals surface area contributed by atoms with E-state index in [9.17, 15) is 19.2 Å². The Bertz CT molecular complexity index is 2970. The zero-order valence-corrected chi connectivity index (χ0v) is 36.3. The maximum atomic E-state index is 14.9. The van der Waals surface area contributed by atoms with E-state index in [-0.39, 0.29) is 35.3 Å². The first-order valence-corrected chi connectivity index (χ1v) is 22.3. The number of carbonyl (C=O) groups is 4. The van der Waals surface area contributed by atoms with Gasteiger partial charge in [0.15, 0.2) is 0 Å². The summed E-state index contributed by atoms with van der Waals surface area (Å²) in [6.45, 7) is 4.46. The number of para-hydroxylation sites is 4. The maximum absolute atomic E-state index is 14.9. The van der Waals surface area contributed by atoms with E-state index in [1.807, 2.05) is 135 Å². The molecule has 11 rings (SSSR count). The highest BCUT2D eigenvalue weighted by Crippen LogP contribution is 2.57. The van der Waals surface area contributed by atoms with E-state index in [1.165, 1.54) is 9.80 Å². The van der Waals surface area contributed by atoms with Crippen molar-refractivity contribution >= 4 is 66.7 Å². The van der Waals surface area contributed by atoms with E-state index in [4.69, 9.17) is 18.9 Å². The predicted octanol–water partition coefficient (Wildman–Crippen LogP) is 13.7. The summed E-state index contributed by atoms with van der Waals surface area (Å²) in [4.78, 5) is 62.1. The van der Waals surface area contributed by atoms with Gasteiger partial charge in [0.2, 0.25) is 0 Å². The molecule has 0 bridgehead atoms. The summed E-state index contributed by atoms with van der Waals surface area (Å²) in [6.07, 6.45) is 2.76. The second-order valence-corrected chi connectivity index (χ2v) is 16.6. The van der Waals surface area contributed by atoms with Crippen molar-refractivity contribution < 1.29 is 38.1 Å². The molecule has 66 heavy (non-hydrogen) atoms. The van der Waals surface area contributed by atoms with E-state index in [2.05, 4.69) is 0 Å². The summed E-state index contributed by atoms with van der Waals surface area (Å²) in [5, 5.41) is 3.74. The fraction of sp³-hybridized carbons (Fsp3) is 0.143. The van der Waals surface area contributed by atoms with Crippen LogP contribution >= 0.6 is 0 Å². The van der Waals surface area contributed by atoms with Gasteiger partial charge < -0.3 is 18.9 Å². The maximum Gasteiger partial charge on any atom is 0.261 e. The minimum Gasteiger partial charge on any atom is -0.457 e. The Labute approximate surface area is 379 Å². The van der Waals surface area contributed by atoms with Crippen LogP contribution in [0.2, 0.25) is 0 Å². The largest absolute Gasteiger partial charge is 0.457 e. The lowest BCUT2D eigenvalue weighted by molar-refractivity contribution is 0.0593. The number of rotatable bonds is 14. The summed E-state index contributed by atoms with van der Waals surface area (Å²) in [7, 11) is 0. The Morgan fingerprint density at radius 1 is 0.333 bits per heavy atom. The van der Waals surface area contributed by atoms with Gasteiger partial charge in [0.1, 0.15) is 46.0 Å². The van der Waals surface area contributed by atoms with Crippen LogP contribution in [0, 0.1) is 0 Å². The van der Waals surface area contributed by atoms with Gasteiger partial charge in [0, 0.05) is 56.2 Å². The van der Waals surface area contributed by atoms with E-state index in [0.29, 0.717) is 102 Å². The van der Waals surface area contributed by atoms with Gasteiger partial charge in [-0.2, -0.15) is 0 Å². The average molecular weight is 871 g/mol. The van der Waals surface area contributed by atoms with Crippen molar-refractivity contribution in [1.29, 1.82) is 0 Å². The van der Waals surface area contributed by atoms with Crippen molar-refractivity contribution in [3.8, 4) is 46.0 Å². The third kappa shape index (κ3) is 6.55. The summed E-state index contributed by atoms with van der Waals surface area (Å²) < 4.78 is 27.6. The van der Waals surface area contributed by atoms with Crippen LogP contribution in [0.3, 0.4) is 0 Å². The van der Waals surface area contributed by atoms with Crippen LogP contribution in [0.25, 0.3) is 43.1 Å². The van der Waals surface area contributed by atoms with Crippen molar-refractivity contribution in [2.45, 2.75) is 39.5 Å². The Hall–Kier alpha value is -8.24. The third-order valence-corrected chi connectivity index (χ3v) is 12.4. The molecule has 0 unspecified atom stereocenters. The van der Waals surface area contributed by atoms with Crippen LogP contribution < -0.4 is 18.9 Å². The van der Waals surface area contributed by atoms with Gasteiger partial charge >= 0.3 is 0 Å². The molecule has 2 aliphatic rings. The van der Waals surface area contributed by atoms with Crippen LogP contribution in [0.1, 0.15) is 81.0 Å². The van der Waals surface area contributed by atoms with Crippen molar-refractivity contribution in [2.24, 2.45) is 0 Å². The van der Waals surface area contributed by atoms with Gasteiger partial charge in [-0.1, -0.05) is 99.5 Å². The molecule has 2 aliphatic heterocycles. The van der Waals surface area contributed by atoms with Gasteiger partial charge in [0.05, 0.1) is 22.3 Å². The summed E-state index contributed by atoms with van der Waals surface area (Å²) in [5.41, 5.74) is 1.11. The molecule has 4 amide bonds. The van der Waals surface area contributed by atoms with E-state index >= 15 is 0 Å². The second kappa shape index (κ2) is 16.4. The topological polar surface area (TPSA) is 112 Å². The number of unbranched alkanes of at least 4 members (excludes halogenated alkanes) is 2. The predicted molar refractivity (Wildman–Crippen MR) is 254 cm³/mol. The van der Waals surface area contributed by atoms with Crippen molar-refractivity contribution in [2.75, 3.05) is 13.1 Å². The first kappa shape index (κ1) is 40.5. The average Bonchev–Trinajstić information content (AvgIpc) is 3.34. The highest BCUT2D eigenvalue weighted by molar-refractivity contribution is 6.44. The van der Waals surface area contributed by atoms with Crippen LogP contribution in [0.4, 0.5) is 0 Å². The lowest BCUT2D eigenvalue weighted by atomic mass is 9.80. The molecule has 0 saturated heterocycles. The number of imide groups is 2. The molecule has 0 N–H and O–H groups in total. The van der Waals surface area contributed by atoms with Crippen LogP contribution in [-0.2, 0) is 0 Å². The number of ether oxygens (including phenoxy) is 4. The van der Waals surface area contributed by atoms with Crippen LogP contribution in [0.15, 0.2) is 146 Å². The molecule has 0 spiro atoms. The Morgan fingerprint density at radius 3 is 0.803 bits per heavy atom. The molecule has 324 valence electrons.